The molecule has 154 valence electrons. The van der Waals surface area contributed by atoms with Crippen molar-refractivity contribution in [3.05, 3.63) is 59.4 Å². The highest BCUT2D eigenvalue weighted by atomic mass is 32.1. The topological polar surface area (TPSA) is 93.5 Å². The van der Waals surface area contributed by atoms with Crippen molar-refractivity contribution in [2.45, 2.75) is 18.9 Å². The summed E-state index contributed by atoms with van der Waals surface area (Å²) >= 11 is 1.20. The van der Waals surface area contributed by atoms with Crippen LogP contribution in [0, 0.1) is 11.8 Å². The number of fused-ring (bicyclic) bond motifs is 1. The molecule has 30 heavy (non-hydrogen) atoms. The number of amides is 1. The fourth-order valence-corrected chi connectivity index (χ4v) is 4.90. The maximum atomic E-state index is 13.2. The lowest BCUT2D eigenvalue weighted by Crippen LogP contribution is -2.30. The maximum Gasteiger partial charge on any atom is 0.273 e. The second kappa shape index (κ2) is 8.04. The van der Waals surface area contributed by atoms with Crippen LogP contribution in [-0.4, -0.2) is 35.9 Å². The van der Waals surface area contributed by atoms with Gasteiger partial charge in [0.15, 0.2) is 16.7 Å². The number of ketones is 1. The molecular formula is C22H21N3O4S. The van der Waals surface area contributed by atoms with E-state index in [4.69, 9.17) is 9.15 Å². The van der Waals surface area contributed by atoms with Gasteiger partial charge in [-0.1, -0.05) is 35.6 Å². The first kappa shape index (κ1) is 19.0. The van der Waals surface area contributed by atoms with E-state index in [0.29, 0.717) is 53.2 Å². The van der Waals surface area contributed by atoms with Crippen LogP contribution >= 0.6 is 11.3 Å². The minimum atomic E-state index is -0.268. The zero-order chi connectivity index (χ0) is 20.5. The van der Waals surface area contributed by atoms with Crippen LogP contribution in [-0.2, 0) is 9.53 Å². The molecule has 1 amide bonds. The number of rotatable bonds is 5. The summed E-state index contributed by atoms with van der Waals surface area (Å²) in [6, 6.07) is 3.62. The average molecular weight is 423 g/mol. The number of thiazole rings is 1. The van der Waals surface area contributed by atoms with Gasteiger partial charge >= 0.3 is 0 Å². The number of carbonyl (C=O) groups excluding carboxylic acids is 2. The molecule has 0 spiro atoms. The summed E-state index contributed by atoms with van der Waals surface area (Å²) in [5.74, 6) is 0.341. The number of ether oxygens (including phenoxy) is 1. The van der Waals surface area contributed by atoms with Gasteiger partial charge in [0.25, 0.3) is 5.91 Å². The van der Waals surface area contributed by atoms with E-state index < -0.39 is 0 Å². The molecule has 8 heteroatoms. The first-order valence-electron chi connectivity index (χ1n) is 10.0. The van der Waals surface area contributed by atoms with Crippen molar-refractivity contribution in [1.29, 1.82) is 0 Å². The normalized spacial score (nSPS) is 23.0. The van der Waals surface area contributed by atoms with Gasteiger partial charge in [-0.3, -0.25) is 14.9 Å². The van der Waals surface area contributed by atoms with Crippen LogP contribution in [0.3, 0.4) is 0 Å². The Morgan fingerprint density at radius 1 is 1.20 bits per heavy atom. The fourth-order valence-electron chi connectivity index (χ4n) is 3.92. The Hall–Kier alpha value is -2.97. The smallest absolute Gasteiger partial charge is 0.273 e. The molecule has 0 radical (unpaired) electrons. The Labute approximate surface area is 177 Å². The second-order valence-corrected chi connectivity index (χ2v) is 8.48. The molecule has 2 atom stereocenters. The monoisotopic (exact) mass is 423 g/mol. The van der Waals surface area contributed by atoms with Gasteiger partial charge in [-0.2, -0.15) is 0 Å². The van der Waals surface area contributed by atoms with Crippen LogP contribution in [0.15, 0.2) is 58.9 Å². The van der Waals surface area contributed by atoms with Crippen molar-refractivity contribution in [3.63, 3.8) is 0 Å². The molecule has 1 saturated heterocycles. The average Bonchev–Trinajstić information content (AvgIpc) is 3.52. The number of anilines is 1. The Bertz CT molecular complexity index is 1040. The van der Waals surface area contributed by atoms with Crippen molar-refractivity contribution >= 4 is 28.2 Å². The number of aromatic nitrogens is 1. The third-order valence-electron chi connectivity index (χ3n) is 5.52. The summed E-state index contributed by atoms with van der Waals surface area (Å²) < 4.78 is 10.9. The summed E-state index contributed by atoms with van der Waals surface area (Å²) in [6.45, 7) is 1.17. The van der Waals surface area contributed by atoms with E-state index >= 15 is 0 Å². The number of allylic oxidation sites excluding steroid dienone is 2. The van der Waals surface area contributed by atoms with Crippen molar-refractivity contribution in [2.24, 2.45) is 11.8 Å². The summed E-state index contributed by atoms with van der Waals surface area (Å²) in [5, 5.41) is 6.45. The molecule has 0 aromatic carbocycles. The second-order valence-electron chi connectivity index (χ2n) is 7.48. The molecule has 1 fully saturated rings. The number of nitrogens with zero attached hydrogens (tertiary/aromatic N) is 1. The van der Waals surface area contributed by atoms with Gasteiger partial charge < -0.3 is 14.5 Å². The third kappa shape index (κ3) is 3.64. The van der Waals surface area contributed by atoms with Crippen LogP contribution in [0.5, 0.6) is 0 Å². The van der Waals surface area contributed by atoms with Crippen molar-refractivity contribution in [3.8, 4) is 11.5 Å². The lowest BCUT2D eigenvalue weighted by atomic mass is 9.94. The van der Waals surface area contributed by atoms with Crippen LogP contribution in [0.1, 0.15) is 22.5 Å². The molecule has 2 aromatic rings. The fraction of sp³-hybridized carbons (Fsp3) is 0.318. The third-order valence-corrected chi connectivity index (χ3v) is 6.51. The van der Waals surface area contributed by atoms with Gasteiger partial charge in [-0.25, -0.2) is 4.98 Å². The number of hydrogen-bond acceptors (Lipinski definition) is 7. The van der Waals surface area contributed by atoms with Crippen molar-refractivity contribution in [1.82, 2.24) is 10.3 Å². The molecule has 5 rings (SSSR count). The van der Waals surface area contributed by atoms with Crippen LogP contribution in [0.2, 0.25) is 0 Å². The zero-order valence-electron chi connectivity index (χ0n) is 16.2. The van der Waals surface area contributed by atoms with E-state index in [9.17, 15) is 9.59 Å². The highest BCUT2D eigenvalue weighted by Crippen LogP contribution is 2.35. The number of Topliss-reactive ketones (excluding diaryl/α,β-unsaturated/α-hetero) is 1. The summed E-state index contributed by atoms with van der Waals surface area (Å²) in [6.07, 6.45) is 12.9. The maximum absolute atomic E-state index is 13.2. The van der Waals surface area contributed by atoms with Crippen molar-refractivity contribution < 1.29 is 18.7 Å². The van der Waals surface area contributed by atoms with E-state index in [0.717, 1.165) is 0 Å². The molecule has 0 bridgehead atoms. The van der Waals surface area contributed by atoms with Gasteiger partial charge in [0.05, 0.1) is 18.0 Å². The van der Waals surface area contributed by atoms with Crippen LogP contribution in [0.4, 0.5) is 5.13 Å². The Balaban J connectivity index is 1.39. The Morgan fingerprint density at radius 3 is 2.80 bits per heavy atom. The molecule has 3 aliphatic rings. The number of carbonyl (C=O) groups is 2. The summed E-state index contributed by atoms with van der Waals surface area (Å²) in [5.41, 5.74) is 0.984. The van der Waals surface area contributed by atoms with Gasteiger partial charge in [0.1, 0.15) is 10.6 Å². The first-order valence-corrected chi connectivity index (χ1v) is 10.8. The van der Waals surface area contributed by atoms with Gasteiger partial charge in [-0.05, 0) is 31.1 Å². The van der Waals surface area contributed by atoms with E-state index in [1.165, 1.54) is 11.3 Å². The highest BCUT2D eigenvalue weighted by Gasteiger charge is 2.31. The molecular weight excluding hydrogens is 402 g/mol. The molecule has 0 saturated carbocycles. The van der Waals surface area contributed by atoms with E-state index in [1.807, 2.05) is 24.3 Å². The summed E-state index contributed by atoms with van der Waals surface area (Å²) in [4.78, 5) is 31.0. The quantitative estimate of drug-likeness (QED) is 0.715. The standard InChI is InChI=1S/C22H21N3O4S/c26-19(13-7-10-28-11-8-13)20-18(17-6-3-9-29-17)24-22(30-20)25-21(27)16-12-14-4-1-2-5-15(14)23-16/h1-6,9,12-15,23H,7-8,10-11H2,(H,24,25,27). The highest BCUT2D eigenvalue weighted by molar-refractivity contribution is 7.18. The zero-order valence-corrected chi connectivity index (χ0v) is 17.0. The van der Waals surface area contributed by atoms with Crippen LogP contribution < -0.4 is 10.6 Å². The molecule has 2 unspecified atom stereocenters. The van der Waals surface area contributed by atoms with Gasteiger partial charge in [0.2, 0.25) is 0 Å². The number of nitrogens with one attached hydrogen (secondary N) is 2. The minimum Gasteiger partial charge on any atom is -0.463 e. The summed E-state index contributed by atoms with van der Waals surface area (Å²) in [7, 11) is 0. The predicted octanol–water partition coefficient (Wildman–Crippen LogP) is 3.55. The van der Waals surface area contributed by atoms with Crippen molar-refractivity contribution in [2.75, 3.05) is 18.5 Å². The minimum absolute atomic E-state index is 0.0298. The van der Waals surface area contributed by atoms with Gasteiger partial charge in [-0.15, -0.1) is 0 Å². The lowest BCUT2D eigenvalue weighted by Gasteiger charge is -2.20. The Kier molecular flexibility index (Phi) is 5.10. The molecule has 2 aromatic heterocycles. The lowest BCUT2D eigenvalue weighted by molar-refractivity contribution is -0.113. The van der Waals surface area contributed by atoms with E-state index in [-0.39, 0.29) is 29.6 Å². The van der Waals surface area contributed by atoms with E-state index in [1.54, 1.807) is 18.4 Å². The molecule has 7 nitrogen and oxygen atoms in total. The first-order chi connectivity index (χ1) is 14.7. The molecule has 2 aliphatic heterocycles. The molecule has 4 heterocycles. The van der Waals surface area contributed by atoms with Crippen LogP contribution in [0.25, 0.3) is 11.5 Å². The predicted molar refractivity (Wildman–Crippen MR) is 113 cm³/mol. The van der Waals surface area contributed by atoms with Gasteiger partial charge in [0, 0.05) is 25.0 Å². The largest absolute Gasteiger partial charge is 0.463 e. The Morgan fingerprint density at radius 2 is 2.03 bits per heavy atom. The number of hydrogen-bond donors (Lipinski definition) is 2. The SMILES string of the molecule is O=C(Nc1nc(-c2ccco2)c(C(=O)C2CCOCC2)s1)C1=CC2C=CC=CC2N1. The number of furan rings is 1. The molecule has 1 aliphatic carbocycles. The van der Waals surface area contributed by atoms with E-state index in [2.05, 4.69) is 21.7 Å². The molecule has 2 N–H and O–H groups in total.